The molecule has 0 atom stereocenters. The third-order valence-corrected chi connectivity index (χ3v) is 2.41. The van der Waals surface area contributed by atoms with Crippen molar-refractivity contribution in [2.45, 2.75) is 12.8 Å². The lowest BCUT2D eigenvalue weighted by Gasteiger charge is -2.02. The Bertz CT molecular complexity index is 407. The quantitative estimate of drug-likeness (QED) is 0.794. The summed E-state index contributed by atoms with van der Waals surface area (Å²) in [5, 5.41) is 6.91. The van der Waals surface area contributed by atoms with Crippen molar-refractivity contribution in [3.8, 4) is 11.3 Å². The van der Waals surface area contributed by atoms with Gasteiger partial charge in [-0.3, -0.25) is 5.10 Å². The molecule has 0 saturated carbocycles. The van der Waals surface area contributed by atoms with Gasteiger partial charge in [0.1, 0.15) is 0 Å². The topological polar surface area (TPSA) is 54.7 Å². The monoisotopic (exact) mass is 201 g/mol. The third-order valence-electron chi connectivity index (χ3n) is 2.41. The van der Waals surface area contributed by atoms with Gasteiger partial charge in [-0.1, -0.05) is 18.2 Å². The van der Waals surface area contributed by atoms with Crippen molar-refractivity contribution in [1.29, 1.82) is 0 Å². The summed E-state index contributed by atoms with van der Waals surface area (Å²) in [6.07, 6.45) is 3.84. The van der Waals surface area contributed by atoms with Crippen LogP contribution in [0.15, 0.2) is 36.5 Å². The summed E-state index contributed by atoms with van der Waals surface area (Å²) in [6.45, 7) is 0.744. The van der Waals surface area contributed by atoms with Crippen LogP contribution in [0.3, 0.4) is 0 Å². The molecule has 0 aliphatic heterocycles. The number of nitrogens with one attached hydrogen (secondary N) is 1. The van der Waals surface area contributed by atoms with Gasteiger partial charge >= 0.3 is 0 Å². The summed E-state index contributed by atoms with van der Waals surface area (Å²) < 4.78 is 0. The number of benzene rings is 1. The first-order valence-corrected chi connectivity index (χ1v) is 5.19. The van der Waals surface area contributed by atoms with E-state index in [1.54, 1.807) is 6.20 Å². The standard InChI is InChI=1S/C12H15N3/c13-7-2-4-10-3-1-5-11(9-10)12-6-8-14-15-12/h1,3,5-6,8-9H,2,4,7,13H2,(H,14,15). The molecule has 1 aromatic heterocycles. The normalized spacial score (nSPS) is 10.5. The predicted molar refractivity (Wildman–Crippen MR) is 61.4 cm³/mol. The summed E-state index contributed by atoms with van der Waals surface area (Å²) in [7, 11) is 0. The average Bonchev–Trinajstić information content (AvgIpc) is 2.80. The highest BCUT2D eigenvalue weighted by molar-refractivity contribution is 5.59. The Balaban J connectivity index is 2.19. The molecule has 3 nitrogen and oxygen atoms in total. The van der Waals surface area contributed by atoms with Crippen LogP contribution in [0.4, 0.5) is 0 Å². The zero-order valence-corrected chi connectivity index (χ0v) is 8.61. The first-order valence-electron chi connectivity index (χ1n) is 5.19. The van der Waals surface area contributed by atoms with Gasteiger partial charge in [0.05, 0.1) is 5.69 Å². The molecule has 0 radical (unpaired) electrons. The van der Waals surface area contributed by atoms with E-state index in [1.807, 2.05) is 6.07 Å². The number of hydrogen-bond acceptors (Lipinski definition) is 2. The predicted octanol–water partition coefficient (Wildman–Crippen LogP) is 1.97. The molecule has 0 amide bonds. The second-order valence-corrected chi connectivity index (χ2v) is 3.56. The van der Waals surface area contributed by atoms with E-state index < -0.39 is 0 Å². The molecule has 3 heteroatoms. The maximum Gasteiger partial charge on any atom is 0.0650 e. The van der Waals surface area contributed by atoms with E-state index >= 15 is 0 Å². The van der Waals surface area contributed by atoms with E-state index in [9.17, 15) is 0 Å². The third kappa shape index (κ3) is 2.44. The van der Waals surface area contributed by atoms with Gasteiger partial charge in [0.2, 0.25) is 0 Å². The smallest absolute Gasteiger partial charge is 0.0650 e. The van der Waals surface area contributed by atoms with Crippen LogP contribution in [-0.4, -0.2) is 16.7 Å². The maximum absolute atomic E-state index is 5.49. The zero-order valence-electron chi connectivity index (χ0n) is 8.61. The van der Waals surface area contributed by atoms with Crippen molar-refractivity contribution in [2.24, 2.45) is 5.73 Å². The summed E-state index contributed by atoms with van der Waals surface area (Å²) in [4.78, 5) is 0. The van der Waals surface area contributed by atoms with Crippen LogP contribution in [0.1, 0.15) is 12.0 Å². The average molecular weight is 201 g/mol. The molecule has 2 aromatic rings. The molecule has 1 aromatic carbocycles. The first kappa shape index (κ1) is 9.93. The summed E-state index contributed by atoms with van der Waals surface area (Å²) in [5.41, 5.74) is 9.06. The fourth-order valence-electron chi connectivity index (χ4n) is 1.62. The van der Waals surface area contributed by atoms with E-state index in [4.69, 9.17) is 5.73 Å². The van der Waals surface area contributed by atoms with E-state index in [0.29, 0.717) is 0 Å². The number of rotatable bonds is 4. The number of aryl methyl sites for hydroxylation is 1. The maximum atomic E-state index is 5.49. The molecule has 0 fully saturated rings. The van der Waals surface area contributed by atoms with Gasteiger partial charge in [-0.25, -0.2) is 0 Å². The van der Waals surface area contributed by atoms with Gasteiger partial charge in [0, 0.05) is 6.20 Å². The minimum Gasteiger partial charge on any atom is -0.330 e. The van der Waals surface area contributed by atoms with Crippen LogP contribution >= 0.6 is 0 Å². The molecule has 2 rings (SSSR count). The highest BCUT2D eigenvalue weighted by atomic mass is 15.1. The SMILES string of the molecule is NCCCc1cccc(-c2ccn[nH]2)c1. The fraction of sp³-hybridized carbons (Fsp3) is 0.250. The van der Waals surface area contributed by atoms with Crippen LogP contribution in [0.25, 0.3) is 11.3 Å². The van der Waals surface area contributed by atoms with Crippen LogP contribution < -0.4 is 5.73 Å². The van der Waals surface area contributed by atoms with Crippen molar-refractivity contribution in [2.75, 3.05) is 6.54 Å². The van der Waals surface area contributed by atoms with Crippen molar-refractivity contribution in [1.82, 2.24) is 10.2 Å². The minimum absolute atomic E-state index is 0.744. The van der Waals surface area contributed by atoms with Crippen LogP contribution in [0, 0.1) is 0 Å². The van der Waals surface area contributed by atoms with Crippen molar-refractivity contribution in [3.63, 3.8) is 0 Å². The molecule has 0 saturated heterocycles. The Labute approximate surface area is 89.3 Å². The van der Waals surface area contributed by atoms with Gasteiger partial charge in [0.25, 0.3) is 0 Å². The Hall–Kier alpha value is -1.61. The summed E-state index contributed by atoms with van der Waals surface area (Å²) >= 11 is 0. The number of nitrogens with two attached hydrogens (primary N) is 1. The number of hydrogen-bond donors (Lipinski definition) is 2. The number of aromatic amines is 1. The van der Waals surface area contributed by atoms with Gasteiger partial charge in [-0.05, 0) is 42.6 Å². The molecule has 15 heavy (non-hydrogen) atoms. The van der Waals surface area contributed by atoms with Crippen LogP contribution in [-0.2, 0) is 6.42 Å². The molecule has 0 aliphatic carbocycles. The molecule has 3 N–H and O–H groups in total. The lowest BCUT2D eigenvalue weighted by molar-refractivity contribution is 0.833. The highest BCUT2D eigenvalue weighted by Gasteiger charge is 1.99. The van der Waals surface area contributed by atoms with Crippen LogP contribution in [0.5, 0.6) is 0 Å². The molecule has 1 heterocycles. The summed E-state index contributed by atoms with van der Waals surface area (Å²) in [5.74, 6) is 0. The van der Waals surface area contributed by atoms with E-state index in [0.717, 1.165) is 25.1 Å². The van der Waals surface area contributed by atoms with Gasteiger partial charge < -0.3 is 5.73 Å². The van der Waals surface area contributed by atoms with E-state index in [1.165, 1.54) is 11.1 Å². The Morgan fingerprint density at radius 1 is 1.27 bits per heavy atom. The summed E-state index contributed by atoms with van der Waals surface area (Å²) in [6, 6.07) is 10.4. The number of aromatic nitrogens is 2. The Morgan fingerprint density at radius 2 is 2.20 bits per heavy atom. The zero-order chi connectivity index (χ0) is 10.5. The lowest BCUT2D eigenvalue weighted by Crippen LogP contribution is -2.00. The Morgan fingerprint density at radius 3 is 2.93 bits per heavy atom. The second kappa shape index (κ2) is 4.75. The molecular formula is C12H15N3. The van der Waals surface area contributed by atoms with E-state index in [2.05, 4.69) is 34.5 Å². The van der Waals surface area contributed by atoms with Gasteiger partial charge in [-0.2, -0.15) is 5.10 Å². The molecule has 0 unspecified atom stereocenters. The largest absolute Gasteiger partial charge is 0.330 e. The van der Waals surface area contributed by atoms with Crippen molar-refractivity contribution >= 4 is 0 Å². The van der Waals surface area contributed by atoms with Gasteiger partial charge in [-0.15, -0.1) is 0 Å². The molecule has 0 aliphatic rings. The Kier molecular flexibility index (Phi) is 3.15. The van der Waals surface area contributed by atoms with E-state index in [-0.39, 0.29) is 0 Å². The van der Waals surface area contributed by atoms with Gasteiger partial charge in [0.15, 0.2) is 0 Å². The van der Waals surface area contributed by atoms with Crippen molar-refractivity contribution in [3.05, 3.63) is 42.1 Å². The molecule has 0 spiro atoms. The van der Waals surface area contributed by atoms with Crippen molar-refractivity contribution < 1.29 is 0 Å². The molecule has 0 bridgehead atoms. The fourth-order valence-corrected chi connectivity index (χ4v) is 1.62. The minimum atomic E-state index is 0.744. The number of nitrogens with zero attached hydrogens (tertiary/aromatic N) is 1. The number of H-pyrrole nitrogens is 1. The molecule has 78 valence electrons. The first-order chi connectivity index (χ1) is 7.40. The lowest BCUT2D eigenvalue weighted by atomic mass is 10.0. The second-order valence-electron chi connectivity index (χ2n) is 3.56. The van der Waals surface area contributed by atoms with Crippen LogP contribution in [0.2, 0.25) is 0 Å². The molecular weight excluding hydrogens is 186 g/mol. The highest BCUT2D eigenvalue weighted by Crippen LogP contribution is 2.17.